The predicted octanol–water partition coefficient (Wildman–Crippen LogP) is 6.04. The lowest BCUT2D eigenvalue weighted by Crippen LogP contribution is -2.38. The zero-order valence-corrected chi connectivity index (χ0v) is 24.8. The number of allylic oxidation sites excluding steroid dienone is 1. The quantitative estimate of drug-likeness (QED) is 0.349. The molecule has 220 valence electrons. The van der Waals surface area contributed by atoms with E-state index < -0.39 is 6.04 Å². The van der Waals surface area contributed by atoms with Crippen LogP contribution < -0.4 is 33.9 Å². The molecule has 9 heteroatoms. The Bertz CT molecular complexity index is 1520. The van der Waals surface area contributed by atoms with Crippen molar-refractivity contribution >= 4 is 23.1 Å². The number of ether oxygens (including phenoxy) is 5. The maximum atomic E-state index is 14.3. The van der Waals surface area contributed by atoms with E-state index in [9.17, 15) is 9.59 Å². The zero-order chi connectivity index (χ0) is 30.0. The van der Waals surface area contributed by atoms with Crippen molar-refractivity contribution in [2.45, 2.75) is 38.1 Å². The number of hydrogen-bond donors (Lipinski definition) is 1. The summed E-state index contributed by atoms with van der Waals surface area (Å²) in [5.41, 5.74) is 4.43. The molecule has 1 amide bonds. The third-order valence-electron chi connectivity index (χ3n) is 7.94. The van der Waals surface area contributed by atoms with Crippen LogP contribution in [0, 0.1) is 0 Å². The second-order valence-corrected chi connectivity index (χ2v) is 10.2. The van der Waals surface area contributed by atoms with Crippen LogP contribution in [-0.2, 0) is 9.59 Å². The molecule has 1 aliphatic heterocycles. The number of carbonyl (C=O) groups excluding carboxylic acids is 2. The van der Waals surface area contributed by atoms with Crippen molar-refractivity contribution in [2.75, 3.05) is 45.8 Å². The molecule has 9 nitrogen and oxygen atoms in total. The molecule has 0 radical (unpaired) electrons. The number of amides is 1. The molecule has 2 aliphatic rings. The highest BCUT2D eigenvalue weighted by molar-refractivity contribution is 6.06. The van der Waals surface area contributed by atoms with E-state index in [-0.39, 0.29) is 30.4 Å². The lowest BCUT2D eigenvalue weighted by Gasteiger charge is -2.35. The summed E-state index contributed by atoms with van der Waals surface area (Å²) in [7, 11) is 7.85. The van der Waals surface area contributed by atoms with E-state index in [4.69, 9.17) is 23.7 Å². The zero-order valence-electron chi connectivity index (χ0n) is 24.8. The van der Waals surface area contributed by atoms with Gasteiger partial charge in [0.05, 0.1) is 53.0 Å². The van der Waals surface area contributed by atoms with Crippen LogP contribution in [0.3, 0.4) is 0 Å². The molecule has 1 aliphatic carbocycles. The van der Waals surface area contributed by atoms with Gasteiger partial charge in [-0.05, 0) is 59.9 Å². The van der Waals surface area contributed by atoms with Crippen LogP contribution in [0.4, 0.5) is 11.4 Å². The second kappa shape index (κ2) is 12.1. The van der Waals surface area contributed by atoms with Gasteiger partial charge in [-0.3, -0.25) is 14.5 Å². The number of nitrogens with one attached hydrogen (secondary N) is 1. The number of benzene rings is 3. The van der Waals surface area contributed by atoms with E-state index in [1.165, 1.54) is 0 Å². The summed E-state index contributed by atoms with van der Waals surface area (Å²) in [5.74, 6) is 2.32. The molecule has 2 unspecified atom stereocenters. The largest absolute Gasteiger partial charge is 0.493 e. The van der Waals surface area contributed by atoms with Gasteiger partial charge in [0, 0.05) is 24.1 Å². The molecule has 42 heavy (non-hydrogen) atoms. The summed E-state index contributed by atoms with van der Waals surface area (Å²) in [5, 5.41) is 3.55. The van der Waals surface area contributed by atoms with Gasteiger partial charge in [0.25, 0.3) is 0 Å². The molecule has 5 rings (SSSR count). The fraction of sp³-hybridized carbons (Fsp3) is 0.333. The minimum absolute atomic E-state index is 0.0519. The van der Waals surface area contributed by atoms with Crippen LogP contribution >= 0.6 is 0 Å². The van der Waals surface area contributed by atoms with Gasteiger partial charge in [0.1, 0.15) is 0 Å². The molecule has 3 aromatic carbocycles. The maximum absolute atomic E-state index is 14.3. The second-order valence-electron chi connectivity index (χ2n) is 10.2. The van der Waals surface area contributed by atoms with Crippen LogP contribution in [0.1, 0.15) is 49.3 Å². The normalized spacial score (nSPS) is 17.9. The third kappa shape index (κ3) is 5.00. The summed E-state index contributed by atoms with van der Waals surface area (Å²) in [6.07, 6.45) is 1.04. The fourth-order valence-electron chi connectivity index (χ4n) is 5.95. The first-order chi connectivity index (χ1) is 20.4. The van der Waals surface area contributed by atoms with Crippen molar-refractivity contribution < 1.29 is 33.3 Å². The van der Waals surface area contributed by atoms with Gasteiger partial charge in [-0.25, -0.2) is 0 Å². The van der Waals surface area contributed by atoms with Crippen molar-refractivity contribution in [3.63, 3.8) is 0 Å². The minimum atomic E-state index is -0.670. The number of nitrogens with zero attached hydrogens (tertiary/aromatic N) is 1. The lowest BCUT2D eigenvalue weighted by molar-refractivity contribution is -0.119. The first kappa shape index (κ1) is 28.9. The average Bonchev–Trinajstić information content (AvgIpc) is 3.17. The third-order valence-corrected chi connectivity index (χ3v) is 7.94. The SMILES string of the molecule is CCC(=O)N1c2ccccc2NC2=C(C(=O)CC(c3cc(OC)c(OC)c(OC)c3)C2)C1c1ccc(OC)c(OC)c1. The molecule has 0 fully saturated rings. The van der Waals surface area contributed by atoms with Crippen LogP contribution in [0.25, 0.3) is 0 Å². The number of carbonyl (C=O) groups is 2. The van der Waals surface area contributed by atoms with Crippen molar-refractivity contribution in [2.24, 2.45) is 0 Å². The van der Waals surface area contributed by atoms with Gasteiger partial charge in [-0.2, -0.15) is 0 Å². The topological polar surface area (TPSA) is 95.6 Å². The average molecular weight is 573 g/mol. The Morgan fingerprint density at radius 2 is 1.45 bits per heavy atom. The van der Waals surface area contributed by atoms with Gasteiger partial charge in [0.2, 0.25) is 11.7 Å². The summed E-state index contributed by atoms with van der Waals surface area (Å²) in [4.78, 5) is 29.7. The maximum Gasteiger partial charge on any atom is 0.227 e. The summed E-state index contributed by atoms with van der Waals surface area (Å²) in [6.45, 7) is 1.83. The van der Waals surface area contributed by atoms with Gasteiger partial charge < -0.3 is 29.0 Å². The summed E-state index contributed by atoms with van der Waals surface area (Å²) < 4.78 is 27.8. The van der Waals surface area contributed by atoms with Crippen LogP contribution in [0.2, 0.25) is 0 Å². The number of methoxy groups -OCH3 is 5. The molecule has 0 spiro atoms. The number of rotatable bonds is 8. The Labute approximate surface area is 246 Å². The highest BCUT2D eigenvalue weighted by atomic mass is 16.5. The van der Waals surface area contributed by atoms with Gasteiger partial charge in [0.15, 0.2) is 28.8 Å². The molecule has 0 bridgehead atoms. The number of hydrogen-bond acceptors (Lipinski definition) is 8. The predicted molar refractivity (Wildman–Crippen MR) is 160 cm³/mol. The number of para-hydroxylation sites is 2. The molecule has 0 saturated heterocycles. The number of ketones is 1. The number of fused-ring (bicyclic) bond motifs is 1. The number of Topliss-reactive ketones (excluding diaryl/α,β-unsaturated/α-hetero) is 1. The highest BCUT2D eigenvalue weighted by Gasteiger charge is 2.41. The van der Waals surface area contributed by atoms with Crippen molar-refractivity contribution in [1.82, 2.24) is 0 Å². The van der Waals surface area contributed by atoms with E-state index in [0.29, 0.717) is 46.4 Å². The van der Waals surface area contributed by atoms with Gasteiger partial charge >= 0.3 is 0 Å². The first-order valence-corrected chi connectivity index (χ1v) is 13.8. The van der Waals surface area contributed by atoms with Crippen molar-refractivity contribution in [3.8, 4) is 28.7 Å². The van der Waals surface area contributed by atoms with E-state index >= 15 is 0 Å². The molecule has 1 heterocycles. The Balaban J connectivity index is 1.70. The molecule has 0 aromatic heterocycles. The summed E-state index contributed by atoms with van der Waals surface area (Å²) >= 11 is 0. The standard InChI is InChI=1S/C33H36N2O7/c1-7-30(37)35-24-11-9-8-10-22(24)34-23-14-20(21-17-28(40-4)33(42-6)29(18-21)41-5)15-25(36)31(23)32(35)19-12-13-26(38-2)27(16-19)39-3/h8-13,16-18,20,32,34H,7,14-15H2,1-6H3. The number of anilines is 2. The summed E-state index contributed by atoms with van der Waals surface area (Å²) in [6, 6.07) is 16.3. The Morgan fingerprint density at radius 3 is 2.07 bits per heavy atom. The van der Waals surface area contributed by atoms with Crippen LogP contribution in [0.15, 0.2) is 65.9 Å². The van der Waals surface area contributed by atoms with E-state index in [0.717, 1.165) is 22.5 Å². The van der Waals surface area contributed by atoms with E-state index in [2.05, 4.69) is 5.32 Å². The Kier molecular flexibility index (Phi) is 8.29. The fourth-order valence-corrected chi connectivity index (χ4v) is 5.95. The monoisotopic (exact) mass is 572 g/mol. The van der Waals surface area contributed by atoms with Gasteiger partial charge in [-0.1, -0.05) is 25.1 Å². The minimum Gasteiger partial charge on any atom is -0.493 e. The van der Waals surface area contributed by atoms with Crippen molar-refractivity contribution in [3.05, 3.63) is 77.0 Å². The van der Waals surface area contributed by atoms with Crippen LogP contribution in [0.5, 0.6) is 28.7 Å². The highest BCUT2D eigenvalue weighted by Crippen LogP contribution is 2.50. The smallest absolute Gasteiger partial charge is 0.227 e. The van der Waals surface area contributed by atoms with E-state index in [1.807, 2.05) is 55.5 Å². The molecule has 1 N–H and O–H groups in total. The first-order valence-electron chi connectivity index (χ1n) is 13.8. The molecular weight excluding hydrogens is 536 g/mol. The molecule has 3 aromatic rings. The molecule has 0 saturated carbocycles. The van der Waals surface area contributed by atoms with Crippen molar-refractivity contribution in [1.29, 1.82) is 0 Å². The molecular formula is C33H36N2O7. The Morgan fingerprint density at radius 1 is 0.810 bits per heavy atom. The Hall–Kier alpha value is -4.66. The van der Waals surface area contributed by atoms with E-state index in [1.54, 1.807) is 46.5 Å². The van der Waals surface area contributed by atoms with Crippen LogP contribution in [-0.4, -0.2) is 47.2 Å². The lowest BCUT2D eigenvalue weighted by atomic mass is 9.78. The molecule has 2 atom stereocenters. The van der Waals surface area contributed by atoms with Gasteiger partial charge in [-0.15, -0.1) is 0 Å².